The number of hydrogen-bond acceptors (Lipinski definition) is 4. The third kappa shape index (κ3) is 2.80. The Morgan fingerprint density at radius 1 is 1.38 bits per heavy atom. The van der Waals surface area contributed by atoms with Crippen LogP contribution in [-0.4, -0.2) is 29.6 Å². The van der Waals surface area contributed by atoms with Gasteiger partial charge in [-0.2, -0.15) is 0 Å². The van der Waals surface area contributed by atoms with Gasteiger partial charge in [0.25, 0.3) is 5.56 Å². The van der Waals surface area contributed by atoms with Gasteiger partial charge in [0.2, 0.25) is 0 Å². The largest absolute Gasteiger partial charge is 0.382 e. The van der Waals surface area contributed by atoms with Gasteiger partial charge < -0.3 is 19.4 Å². The van der Waals surface area contributed by atoms with Crippen LogP contribution in [0.25, 0.3) is 10.9 Å². The zero-order valence-electron chi connectivity index (χ0n) is 12.6. The van der Waals surface area contributed by atoms with E-state index in [9.17, 15) is 4.79 Å². The monoisotopic (exact) mass is 288 g/mol. The maximum atomic E-state index is 12.0. The summed E-state index contributed by atoms with van der Waals surface area (Å²) in [6.45, 7) is 4.98. The van der Waals surface area contributed by atoms with Crippen molar-refractivity contribution < 1.29 is 9.47 Å². The van der Waals surface area contributed by atoms with Gasteiger partial charge >= 0.3 is 0 Å². The molecule has 0 saturated carbocycles. The molecule has 21 heavy (non-hydrogen) atoms. The average Bonchev–Trinajstić information content (AvgIpc) is 2.81. The van der Waals surface area contributed by atoms with Crippen molar-refractivity contribution in [2.45, 2.75) is 25.7 Å². The normalized spacial score (nSPS) is 20.8. The van der Waals surface area contributed by atoms with Crippen molar-refractivity contribution in [3.05, 3.63) is 40.7 Å². The number of hydrogen-bond donors (Lipinski definition) is 1. The highest BCUT2D eigenvalue weighted by molar-refractivity contribution is 5.91. The molecule has 112 valence electrons. The van der Waals surface area contributed by atoms with E-state index in [1.807, 2.05) is 38.1 Å². The zero-order valence-corrected chi connectivity index (χ0v) is 12.6. The molecule has 2 aromatic rings. The first kappa shape index (κ1) is 14.1. The van der Waals surface area contributed by atoms with Gasteiger partial charge in [-0.25, -0.2) is 0 Å². The summed E-state index contributed by atoms with van der Waals surface area (Å²) >= 11 is 0. The van der Waals surface area contributed by atoms with Crippen LogP contribution in [0.3, 0.4) is 0 Å². The third-order valence-electron chi connectivity index (χ3n) is 3.74. The average molecular weight is 288 g/mol. The Hall–Kier alpha value is -1.85. The van der Waals surface area contributed by atoms with Crippen molar-refractivity contribution in [1.29, 1.82) is 0 Å². The van der Waals surface area contributed by atoms with E-state index in [0.717, 1.165) is 16.6 Å². The molecule has 1 aromatic carbocycles. The van der Waals surface area contributed by atoms with Gasteiger partial charge in [0.15, 0.2) is 5.79 Å². The third-order valence-corrected chi connectivity index (χ3v) is 3.74. The number of para-hydroxylation sites is 1. The predicted molar refractivity (Wildman–Crippen MR) is 82.6 cm³/mol. The Morgan fingerprint density at radius 2 is 2.14 bits per heavy atom. The topological polar surface area (TPSA) is 52.5 Å². The number of ether oxygens (including phenoxy) is 2. The summed E-state index contributed by atoms with van der Waals surface area (Å²) in [6, 6.07) is 9.48. The Morgan fingerprint density at radius 3 is 2.86 bits per heavy atom. The SMILES string of the molecule is Cn1c(=O)cc(NCC2COC(C)(C)O2)c2ccccc21. The van der Waals surface area contributed by atoms with Crippen molar-refractivity contribution in [2.24, 2.45) is 7.05 Å². The Kier molecular flexibility index (Phi) is 3.47. The van der Waals surface area contributed by atoms with Crippen LogP contribution >= 0.6 is 0 Å². The number of nitrogens with zero attached hydrogens (tertiary/aromatic N) is 1. The van der Waals surface area contributed by atoms with Crippen LogP contribution in [0.5, 0.6) is 0 Å². The highest BCUT2D eigenvalue weighted by Gasteiger charge is 2.32. The first-order valence-electron chi connectivity index (χ1n) is 7.11. The molecule has 0 amide bonds. The van der Waals surface area contributed by atoms with E-state index in [2.05, 4.69) is 5.32 Å². The molecule has 0 radical (unpaired) electrons. The lowest BCUT2D eigenvalue weighted by molar-refractivity contribution is -0.136. The highest BCUT2D eigenvalue weighted by Crippen LogP contribution is 2.24. The first-order valence-corrected chi connectivity index (χ1v) is 7.11. The molecule has 3 rings (SSSR count). The molecular weight excluding hydrogens is 268 g/mol. The van der Waals surface area contributed by atoms with Gasteiger partial charge in [-0.1, -0.05) is 18.2 Å². The molecular formula is C16H20N2O3. The number of nitrogens with one attached hydrogen (secondary N) is 1. The summed E-state index contributed by atoms with van der Waals surface area (Å²) in [5.74, 6) is -0.527. The molecule has 0 bridgehead atoms. The zero-order chi connectivity index (χ0) is 15.0. The predicted octanol–water partition coefficient (Wildman–Crippen LogP) is 2.10. The van der Waals surface area contributed by atoms with Gasteiger partial charge in [0, 0.05) is 30.7 Å². The molecule has 1 unspecified atom stereocenters. The number of anilines is 1. The minimum absolute atomic E-state index is 0.0113. The number of aromatic nitrogens is 1. The second-order valence-electron chi connectivity index (χ2n) is 5.80. The van der Waals surface area contributed by atoms with Gasteiger partial charge in [0.1, 0.15) is 6.10 Å². The molecule has 1 aliphatic rings. The number of pyridine rings is 1. The molecule has 0 aliphatic carbocycles. The number of fused-ring (bicyclic) bond motifs is 1. The minimum atomic E-state index is -0.527. The Labute approximate surface area is 123 Å². The Bertz CT molecular complexity index is 721. The Balaban J connectivity index is 1.85. The fourth-order valence-electron chi connectivity index (χ4n) is 2.64. The molecule has 5 heteroatoms. The van der Waals surface area contributed by atoms with Crippen molar-refractivity contribution >= 4 is 16.6 Å². The van der Waals surface area contributed by atoms with Crippen LogP contribution in [0.2, 0.25) is 0 Å². The minimum Gasteiger partial charge on any atom is -0.382 e. The van der Waals surface area contributed by atoms with Crippen LogP contribution in [0.4, 0.5) is 5.69 Å². The van der Waals surface area contributed by atoms with Gasteiger partial charge in [-0.3, -0.25) is 4.79 Å². The van der Waals surface area contributed by atoms with Crippen molar-refractivity contribution in [2.75, 3.05) is 18.5 Å². The van der Waals surface area contributed by atoms with Crippen molar-refractivity contribution in [3.8, 4) is 0 Å². The van der Waals surface area contributed by atoms with E-state index in [-0.39, 0.29) is 11.7 Å². The molecule has 1 aromatic heterocycles. The smallest absolute Gasteiger partial charge is 0.252 e. The van der Waals surface area contributed by atoms with E-state index in [1.165, 1.54) is 0 Å². The summed E-state index contributed by atoms with van der Waals surface area (Å²) in [7, 11) is 1.78. The lowest BCUT2D eigenvalue weighted by Gasteiger charge is -2.18. The maximum Gasteiger partial charge on any atom is 0.252 e. The highest BCUT2D eigenvalue weighted by atomic mass is 16.7. The van der Waals surface area contributed by atoms with Gasteiger partial charge in [-0.05, 0) is 19.9 Å². The molecule has 1 fully saturated rings. The van der Waals surface area contributed by atoms with Crippen LogP contribution in [0.1, 0.15) is 13.8 Å². The van der Waals surface area contributed by atoms with E-state index in [0.29, 0.717) is 13.2 Å². The van der Waals surface area contributed by atoms with Gasteiger partial charge in [-0.15, -0.1) is 0 Å². The summed E-state index contributed by atoms with van der Waals surface area (Å²) in [4.78, 5) is 12.0. The van der Waals surface area contributed by atoms with Gasteiger partial charge in [0.05, 0.1) is 12.1 Å². The molecule has 5 nitrogen and oxygen atoms in total. The standard InChI is InChI=1S/C16H20N2O3/c1-16(2)20-10-11(21-16)9-17-13-8-15(19)18(3)14-7-5-4-6-12(13)14/h4-8,11,17H,9-10H2,1-3H3. The van der Waals surface area contributed by atoms with Crippen LogP contribution in [0.15, 0.2) is 35.1 Å². The van der Waals surface area contributed by atoms with Crippen LogP contribution < -0.4 is 10.9 Å². The number of benzene rings is 1. The molecule has 1 atom stereocenters. The lowest BCUT2D eigenvalue weighted by Crippen LogP contribution is -2.26. The summed E-state index contributed by atoms with van der Waals surface area (Å²) in [5, 5.41) is 4.34. The van der Waals surface area contributed by atoms with Crippen molar-refractivity contribution in [3.63, 3.8) is 0 Å². The van der Waals surface area contributed by atoms with E-state index < -0.39 is 5.79 Å². The second-order valence-corrected chi connectivity index (χ2v) is 5.80. The molecule has 2 heterocycles. The van der Waals surface area contributed by atoms with E-state index in [1.54, 1.807) is 17.7 Å². The van der Waals surface area contributed by atoms with Crippen molar-refractivity contribution in [1.82, 2.24) is 4.57 Å². The summed E-state index contributed by atoms with van der Waals surface area (Å²) in [6.07, 6.45) is -0.0113. The maximum absolute atomic E-state index is 12.0. The molecule has 0 spiro atoms. The summed E-state index contributed by atoms with van der Waals surface area (Å²) in [5.41, 5.74) is 1.72. The van der Waals surface area contributed by atoms with Crippen LogP contribution in [-0.2, 0) is 16.5 Å². The summed E-state index contributed by atoms with van der Waals surface area (Å²) < 4.78 is 13.0. The molecule has 1 aliphatic heterocycles. The van der Waals surface area contributed by atoms with E-state index >= 15 is 0 Å². The quantitative estimate of drug-likeness (QED) is 0.940. The fourth-order valence-corrected chi connectivity index (χ4v) is 2.64. The molecule has 1 N–H and O–H groups in total. The van der Waals surface area contributed by atoms with Crippen LogP contribution in [0, 0.1) is 0 Å². The molecule has 1 saturated heterocycles. The lowest BCUT2D eigenvalue weighted by atomic mass is 10.1. The fraction of sp³-hybridized carbons (Fsp3) is 0.438. The second kappa shape index (κ2) is 5.16. The van der Waals surface area contributed by atoms with E-state index in [4.69, 9.17) is 9.47 Å². The number of rotatable bonds is 3. The first-order chi connectivity index (χ1) is 9.96. The number of aryl methyl sites for hydroxylation is 1.